The fraction of sp³-hybridized carbons (Fsp3) is 0.0909. The first kappa shape index (κ1) is 26.0. The molecule has 0 spiro atoms. The summed E-state index contributed by atoms with van der Waals surface area (Å²) in [4.78, 5) is 0. The van der Waals surface area contributed by atoms with Gasteiger partial charge in [0.05, 0.1) is 5.41 Å². The predicted molar refractivity (Wildman–Crippen MR) is 185 cm³/mol. The molecule has 1 heterocycles. The Labute approximate surface area is 264 Å². The van der Waals surface area contributed by atoms with Crippen molar-refractivity contribution >= 4 is 10.8 Å². The Morgan fingerprint density at radius 2 is 1.00 bits per heavy atom. The minimum Gasteiger partial charge on any atom is -0.457 e. The Kier molecular flexibility index (Phi) is 5.53. The Balaban J connectivity index is 1.31. The summed E-state index contributed by atoms with van der Waals surface area (Å²) in [5, 5.41) is 2.55. The third-order valence-corrected chi connectivity index (χ3v) is 10.5. The second kappa shape index (κ2) is 9.55. The number of ether oxygens (including phenoxy) is 1. The van der Waals surface area contributed by atoms with Gasteiger partial charge < -0.3 is 4.74 Å². The van der Waals surface area contributed by atoms with E-state index in [1.807, 2.05) is 0 Å². The summed E-state index contributed by atoms with van der Waals surface area (Å²) in [6.07, 6.45) is 0. The molecule has 7 aromatic rings. The van der Waals surface area contributed by atoms with Crippen LogP contribution in [-0.4, -0.2) is 0 Å². The SMILES string of the molecule is CC1(c2ccccc2)c2cc(-c3cccc4c3C(C)(c3ccccc3)c3ccccc3O4)ccc2-c2cc3ccccc3cc21. The highest BCUT2D eigenvalue weighted by Gasteiger charge is 2.43. The number of rotatable bonds is 3. The number of benzene rings is 7. The van der Waals surface area contributed by atoms with Crippen molar-refractivity contribution < 1.29 is 4.74 Å². The molecule has 1 nitrogen and oxygen atoms in total. The molecule has 2 aliphatic rings. The van der Waals surface area contributed by atoms with Crippen molar-refractivity contribution in [1.29, 1.82) is 0 Å². The summed E-state index contributed by atoms with van der Waals surface area (Å²) >= 11 is 0. The lowest BCUT2D eigenvalue weighted by Gasteiger charge is -2.39. The van der Waals surface area contributed by atoms with Crippen molar-refractivity contribution in [3.8, 4) is 33.8 Å². The lowest BCUT2D eigenvalue weighted by Crippen LogP contribution is -2.30. The van der Waals surface area contributed by atoms with Gasteiger partial charge in [0.1, 0.15) is 11.5 Å². The molecule has 7 aromatic carbocycles. The molecule has 0 saturated heterocycles. The van der Waals surface area contributed by atoms with E-state index in [1.165, 1.54) is 66.4 Å². The van der Waals surface area contributed by atoms with E-state index in [9.17, 15) is 0 Å². The fourth-order valence-electron chi connectivity index (χ4n) is 8.13. The highest BCUT2D eigenvalue weighted by Crippen LogP contribution is 2.57. The van der Waals surface area contributed by atoms with Gasteiger partial charge in [-0.15, -0.1) is 0 Å². The first-order valence-electron chi connectivity index (χ1n) is 15.8. The monoisotopic (exact) mass is 576 g/mol. The van der Waals surface area contributed by atoms with E-state index in [4.69, 9.17) is 4.74 Å². The molecule has 0 radical (unpaired) electrons. The van der Waals surface area contributed by atoms with Crippen LogP contribution in [0.2, 0.25) is 0 Å². The number of para-hydroxylation sites is 1. The zero-order valence-corrected chi connectivity index (χ0v) is 25.4. The van der Waals surface area contributed by atoms with Crippen LogP contribution in [0.15, 0.2) is 158 Å². The molecule has 1 aliphatic heterocycles. The molecule has 2 atom stereocenters. The maximum Gasteiger partial charge on any atom is 0.132 e. The van der Waals surface area contributed by atoms with Gasteiger partial charge in [-0.1, -0.05) is 127 Å². The topological polar surface area (TPSA) is 9.23 Å². The molecule has 2 unspecified atom stereocenters. The van der Waals surface area contributed by atoms with Crippen molar-refractivity contribution in [3.05, 3.63) is 191 Å². The van der Waals surface area contributed by atoms with Crippen molar-refractivity contribution in [2.45, 2.75) is 24.7 Å². The van der Waals surface area contributed by atoms with Crippen LogP contribution in [0.4, 0.5) is 0 Å². The highest BCUT2D eigenvalue weighted by atomic mass is 16.5. The minimum atomic E-state index is -0.398. The summed E-state index contributed by atoms with van der Waals surface area (Å²) in [7, 11) is 0. The second-order valence-electron chi connectivity index (χ2n) is 12.8. The van der Waals surface area contributed by atoms with E-state index in [2.05, 4.69) is 172 Å². The zero-order valence-electron chi connectivity index (χ0n) is 25.4. The minimum absolute atomic E-state index is 0.299. The molecule has 0 amide bonds. The van der Waals surface area contributed by atoms with Crippen LogP contribution in [0.25, 0.3) is 33.0 Å². The van der Waals surface area contributed by atoms with E-state index in [-0.39, 0.29) is 5.41 Å². The third kappa shape index (κ3) is 3.61. The first-order valence-corrected chi connectivity index (χ1v) is 15.8. The lowest BCUT2D eigenvalue weighted by atomic mass is 9.67. The van der Waals surface area contributed by atoms with Gasteiger partial charge in [0.2, 0.25) is 0 Å². The van der Waals surface area contributed by atoms with Gasteiger partial charge >= 0.3 is 0 Å². The molecule has 0 fully saturated rings. The van der Waals surface area contributed by atoms with Gasteiger partial charge in [0.15, 0.2) is 0 Å². The summed E-state index contributed by atoms with van der Waals surface area (Å²) in [5.74, 6) is 1.83. The molecular formula is C44H32O. The summed E-state index contributed by atoms with van der Waals surface area (Å²) in [6, 6.07) is 57.5. The average molecular weight is 577 g/mol. The highest BCUT2D eigenvalue weighted by molar-refractivity contribution is 5.95. The number of hydrogen-bond acceptors (Lipinski definition) is 1. The molecule has 0 saturated carbocycles. The van der Waals surface area contributed by atoms with Crippen molar-refractivity contribution in [2.24, 2.45) is 0 Å². The molecule has 9 rings (SSSR count). The standard InChI is InChI=1S/C44H32O/c1-43(32-16-5-3-6-17-32)38-28-31(24-25-35(38)36-26-29-14-9-10-15-30(29)27-39(36)43)34-20-13-23-41-42(34)44(2,33-18-7-4-8-19-33)37-21-11-12-22-40(37)45-41/h3-28H,1-2H3. The van der Waals surface area contributed by atoms with E-state index in [0.717, 1.165) is 11.5 Å². The van der Waals surface area contributed by atoms with Gasteiger partial charge in [-0.2, -0.15) is 0 Å². The third-order valence-electron chi connectivity index (χ3n) is 10.5. The zero-order chi connectivity index (χ0) is 30.2. The van der Waals surface area contributed by atoms with E-state index in [1.54, 1.807) is 0 Å². The van der Waals surface area contributed by atoms with E-state index in [0.29, 0.717) is 0 Å². The smallest absolute Gasteiger partial charge is 0.132 e. The largest absolute Gasteiger partial charge is 0.457 e. The van der Waals surface area contributed by atoms with Crippen LogP contribution in [0.3, 0.4) is 0 Å². The molecule has 0 aromatic heterocycles. The normalized spacial score (nSPS) is 19.2. The average Bonchev–Trinajstić information content (AvgIpc) is 3.35. The van der Waals surface area contributed by atoms with Crippen molar-refractivity contribution in [1.82, 2.24) is 0 Å². The molecule has 0 bridgehead atoms. The Morgan fingerprint density at radius 1 is 0.400 bits per heavy atom. The first-order chi connectivity index (χ1) is 22.1. The van der Waals surface area contributed by atoms with Gasteiger partial charge in [-0.3, -0.25) is 0 Å². The molecule has 214 valence electrons. The summed E-state index contributed by atoms with van der Waals surface area (Å²) < 4.78 is 6.65. The van der Waals surface area contributed by atoms with Gasteiger partial charge in [-0.05, 0) is 99.5 Å². The molecule has 0 N–H and O–H groups in total. The summed E-state index contributed by atoms with van der Waals surface area (Å²) in [6.45, 7) is 4.76. The molecular weight excluding hydrogens is 544 g/mol. The maximum absolute atomic E-state index is 6.65. The number of fused-ring (bicyclic) bond motifs is 6. The van der Waals surface area contributed by atoms with E-state index >= 15 is 0 Å². The second-order valence-corrected chi connectivity index (χ2v) is 12.8. The van der Waals surface area contributed by atoms with Crippen LogP contribution >= 0.6 is 0 Å². The van der Waals surface area contributed by atoms with Crippen LogP contribution in [0, 0.1) is 0 Å². The maximum atomic E-state index is 6.65. The van der Waals surface area contributed by atoms with Crippen LogP contribution in [0.5, 0.6) is 11.5 Å². The van der Waals surface area contributed by atoms with E-state index < -0.39 is 5.41 Å². The molecule has 45 heavy (non-hydrogen) atoms. The Hall–Kier alpha value is -5.40. The quantitative estimate of drug-likeness (QED) is 0.203. The number of hydrogen-bond donors (Lipinski definition) is 0. The fourth-order valence-corrected chi connectivity index (χ4v) is 8.13. The molecule has 1 heteroatoms. The van der Waals surface area contributed by atoms with Gasteiger partial charge in [0.25, 0.3) is 0 Å². The van der Waals surface area contributed by atoms with Crippen LogP contribution < -0.4 is 4.74 Å². The predicted octanol–water partition coefficient (Wildman–Crippen LogP) is 11.3. The Bertz CT molecular complexity index is 2270. The van der Waals surface area contributed by atoms with Crippen LogP contribution in [0.1, 0.15) is 47.2 Å². The Morgan fingerprint density at radius 3 is 1.76 bits per heavy atom. The van der Waals surface area contributed by atoms with Crippen molar-refractivity contribution in [3.63, 3.8) is 0 Å². The van der Waals surface area contributed by atoms with Crippen LogP contribution in [-0.2, 0) is 10.8 Å². The van der Waals surface area contributed by atoms with Gasteiger partial charge in [0, 0.05) is 16.5 Å². The van der Waals surface area contributed by atoms with Gasteiger partial charge in [-0.25, -0.2) is 0 Å². The van der Waals surface area contributed by atoms with Crippen molar-refractivity contribution in [2.75, 3.05) is 0 Å². The lowest BCUT2D eigenvalue weighted by molar-refractivity contribution is 0.428. The molecule has 1 aliphatic carbocycles. The summed E-state index contributed by atoms with van der Waals surface area (Å²) in [5.41, 5.74) is 12.0.